The number of benzene rings is 2. The van der Waals surface area contributed by atoms with Gasteiger partial charge in [0.15, 0.2) is 5.75 Å². The second-order valence-electron chi connectivity index (χ2n) is 9.21. The highest BCUT2D eigenvalue weighted by Crippen LogP contribution is 2.29. The van der Waals surface area contributed by atoms with Gasteiger partial charge >= 0.3 is 6.09 Å². The lowest BCUT2D eigenvalue weighted by Gasteiger charge is -2.41. The summed E-state index contributed by atoms with van der Waals surface area (Å²) in [4.78, 5) is 17.5. The molecule has 0 aliphatic carbocycles. The highest BCUT2D eigenvalue weighted by Gasteiger charge is 2.27. The van der Waals surface area contributed by atoms with Crippen LogP contribution in [-0.2, 0) is 0 Å². The van der Waals surface area contributed by atoms with Gasteiger partial charge in [0, 0.05) is 54.4 Å². The first-order valence-corrected chi connectivity index (χ1v) is 14.0. The zero-order chi connectivity index (χ0) is 25.8. The maximum Gasteiger partial charge on any atom is 0.417 e. The first-order valence-electron chi connectivity index (χ1n) is 12.4. The Balaban J connectivity index is 1.20. The van der Waals surface area contributed by atoms with Crippen LogP contribution in [0.1, 0.15) is 24.1 Å². The fourth-order valence-electron chi connectivity index (χ4n) is 4.97. The molecule has 2 aliphatic rings. The molecule has 1 amide bonds. The number of halogens is 1. The van der Waals surface area contributed by atoms with E-state index < -0.39 is 6.09 Å². The van der Waals surface area contributed by atoms with Crippen LogP contribution in [0, 0.1) is 18.3 Å². The van der Waals surface area contributed by atoms with Gasteiger partial charge in [-0.2, -0.15) is 22.1 Å². The molecule has 5 rings (SSSR count). The van der Waals surface area contributed by atoms with Crippen LogP contribution in [0.15, 0.2) is 48.7 Å². The topological polar surface area (TPSA) is 86.4 Å². The van der Waals surface area contributed by atoms with Crippen molar-refractivity contribution in [2.24, 2.45) is 0 Å². The third kappa shape index (κ3) is 5.87. The van der Waals surface area contributed by atoms with Gasteiger partial charge in [0.2, 0.25) is 0 Å². The highest BCUT2D eigenvalue weighted by molar-refractivity contribution is 7.99. The monoisotopic (exact) mass is 536 g/mol. The number of carbonyl (C=O) groups excluding carboxylic acids is 1. The van der Waals surface area contributed by atoms with Crippen LogP contribution >= 0.6 is 23.4 Å². The molecule has 3 aromatic rings. The summed E-state index contributed by atoms with van der Waals surface area (Å²) in [6.45, 7) is 6.02. The molecular formula is C27H29ClN6O2S. The molecule has 2 aromatic carbocycles. The number of nitrogens with one attached hydrogen (secondary N) is 1. The molecule has 1 N–H and O–H groups in total. The normalized spacial score (nSPS) is 16.8. The van der Waals surface area contributed by atoms with Crippen molar-refractivity contribution in [2.75, 3.05) is 47.9 Å². The third-order valence-electron chi connectivity index (χ3n) is 6.97. The smallest absolute Gasteiger partial charge is 0.406 e. The second-order valence-corrected chi connectivity index (χ2v) is 10.9. The molecule has 10 heteroatoms. The van der Waals surface area contributed by atoms with Gasteiger partial charge in [-0.05, 0) is 62.2 Å². The van der Waals surface area contributed by atoms with Crippen LogP contribution in [-0.4, -0.2) is 64.5 Å². The average molecular weight is 537 g/mol. The second kappa shape index (κ2) is 11.5. The molecule has 2 fully saturated rings. The van der Waals surface area contributed by atoms with Crippen molar-refractivity contribution in [3.63, 3.8) is 0 Å². The molecule has 3 heterocycles. The molecule has 2 aliphatic heterocycles. The van der Waals surface area contributed by atoms with E-state index in [9.17, 15) is 10.1 Å². The van der Waals surface area contributed by atoms with Crippen LogP contribution < -0.4 is 15.0 Å². The number of piperidine rings is 1. The Morgan fingerprint density at radius 3 is 2.57 bits per heavy atom. The maximum absolute atomic E-state index is 12.6. The molecule has 0 radical (unpaired) electrons. The number of rotatable bonds is 5. The number of hydrogen-bond donors (Lipinski definition) is 1. The minimum absolute atomic E-state index is 0.347. The quantitative estimate of drug-likeness (QED) is 0.471. The number of thioether (sulfide) groups is 1. The third-order valence-corrected chi connectivity index (χ3v) is 8.16. The Hall–Kier alpha value is -3.19. The number of aromatic nitrogens is 2. The summed E-state index contributed by atoms with van der Waals surface area (Å²) in [5.41, 5.74) is 3.45. The minimum Gasteiger partial charge on any atom is -0.406 e. The van der Waals surface area contributed by atoms with Gasteiger partial charge in [-0.1, -0.05) is 11.6 Å². The zero-order valence-electron chi connectivity index (χ0n) is 20.7. The fraction of sp³-hybridized carbons (Fsp3) is 0.370. The van der Waals surface area contributed by atoms with E-state index in [1.807, 2.05) is 43.0 Å². The zero-order valence-corrected chi connectivity index (χ0v) is 22.3. The SMILES string of the molecule is Cc1c(OC(=O)Nc2ccc(N3CCC(N4CCSCC4)CC3)c(C#N)c2)cnn1-c1ccc(Cl)cc1. The first kappa shape index (κ1) is 25.5. The van der Waals surface area contributed by atoms with Gasteiger partial charge in [0.25, 0.3) is 0 Å². The van der Waals surface area contributed by atoms with Gasteiger partial charge in [0.05, 0.1) is 28.8 Å². The molecule has 0 spiro atoms. The molecular weight excluding hydrogens is 508 g/mol. The first-order chi connectivity index (χ1) is 18.0. The lowest BCUT2D eigenvalue weighted by Crippen LogP contribution is -2.47. The minimum atomic E-state index is -0.643. The van der Waals surface area contributed by atoms with Crippen molar-refractivity contribution in [1.29, 1.82) is 5.26 Å². The lowest BCUT2D eigenvalue weighted by atomic mass is 10.0. The number of nitriles is 1. The number of carbonyl (C=O) groups is 1. The number of hydrogen-bond acceptors (Lipinski definition) is 7. The molecule has 8 nitrogen and oxygen atoms in total. The Morgan fingerprint density at radius 1 is 1.14 bits per heavy atom. The summed E-state index contributed by atoms with van der Waals surface area (Å²) < 4.78 is 7.18. The largest absolute Gasteiger partial charge is 0.417 e. The fourth-order valence-corrected chi connectivity index (χ4v) is 6.03. The average Bonchev–Trinajstić information content (AvgIpc) is 3.29. The summed E-state index contributed by atoms with van der Waals surface area (Å²) in [5, 5.41) is 17.5. The van der Waals surface area contributed by atoms with E-state index in [0.717, 1.165) is 37.3 Å². The Labute approximate surface area is 226 Å². The predicted molar refractivity (Wildman–Crippen MR) is 148 cm³/mol. The predicted octanol–water partition coefficient (Wildman–Crippen LogP) is 5.33. The molecule has 37 heavy (non-hydrogen) atoms. The molecule has 0 bridgehead atoms. The number of ether oxygens (including phenoxy) is 1. The number of anilines is 2. The van der Waals surface area contributed by atoms with Crippen LogP contribution in [0.5, 0.6) is 5.75 Å². The van der Waals surface area contributed by atoms with Crippen LogP contribution in [0.3, 0.4) is 0 Å². The van der Waals surface area contributed by atoms with E-state index in [4.69, 9.17) is 16.3 Å². The van der Waals surface area contributed by atoms with E-state index in [-0.39, 0.29) is 0 Å². The summed E-state index contributed by atoms with van der Waals surface area (Å²) in [6.07, 6.45) is 3.06. The van der Waals surface area contributed by atoms with Crippen molar-refractivity contribution >= 4 is 40.8 Å². The summed E-state index contributed by atoms with van der Waals surface area (Å²) in [5.74, 6) is 2.79. The Bertz CT molecular complexity index is 1290. The van der Waals surface area contributed by atoms with E-state index in [0.29, 0.717) is 33.8 Å². The van der Waals surface area contributed by atoms with Crippen molar-refractivity contribution in [3.05, 3.63) is 64.9 Å². The standard InChI is InChI=1S/C27H29ClN6O2S/c1-19-26(18-30-34(19)24-5-2-21(28)3-6-24)36-27(35)31-22-4-7-25(20(16-22)17-29)33-10-8-23(9-11-33)32-12-14-37-15-13-32/h2-7,16,18,23H,8-15H2,1H3,(H,31,35). The van der Waals surface area contributed by atoms with Gasteiger partial charge in [-0.15, -0.1) is 0 Å². The highest BCUT2D eigenvalue weighted by atomic mass is 35.5. The van der Waals surface area contributed by atoms with E-state index in [1.165, 1.54) is 30.8 Å². The van der Waals surface area contributed by atoms with Gasteiger partial charge in [-0.3, -0.25) is 10.2 Å². The molecule has 2 saturated heterocycles. The van der Waals surface area contributed by atoms with Crippen molar-refractivity contribution in [2.45, 2.75) is 25.8 Å². The molecule has 0 atom stereocenters. The van der Waals surface area contributed by atoms with Crippen molar-refractivity contribution < 1.29 is 9.53 Å². The van der Waals surface area contributed by atoms with Gasteiger partial charge < -0.3 is 9.64 Å². The van der Waals surface area contributed by atoms with Crippen LogP contribution in [0.2, 0.25) is 5.02 Å². The van der Waals surface area contributed by atoms with Crippen molar-refractivity contribution in [1.82, 2.24) is 14.7 Å². The number of nitrogens with zero attached hydrogens (tertiary/aromatic N) is 5. The summed E-state index contributed by atoms with van der Waals surface area (Å²) in [7, 11) is 0. The van der Waals surface area contributed by atoms with Gasteiger partial charge in [0.1, 0.15) is 6.07 Å². The summed E-state index contributed by atoms with van der Waals surface area (Å²) >= 11 is 8.00. The Morgan fingerprint density at radius 2 is 1.86 bits per heavy atom. The molecule has 192 valence electrons. The molecule has 0 unspecified atom stereocenters. The van der Waals surface area contributed by atoms with E-state index >= 15 is 0 Å². The maximum atomic E-state index is 12.6. The Kier molecular flexibility index (Phi) is 7.89. The van der Waals surface area contributed by atoms with Crippen LogP contribution in [0.25, 0.3) is 5.69 Å². The van der Waals surface area contributed by atoms with Gasteiger partial charge in [-0.25, -0.2) is 9.48 Å². The van der Waals surface area contributed by atoms with E-state index in [2.05, 4.69) is 26.3 Å². The number of amides is 1. The lowest BCUT2D eigenvalue weighted by molar-refractivity contribution is 0.186. The van der Waals surface area contributed by atoms with Crippen molar-refractivity contribution in [3.8, 4) is 17.5 Å². The van der Waals surface area contributed by atoms with Crippen LogP contribution in [0.4, 0.5) is 16.2 Å². The molecule has 0 saturated carbocycles. The summed E-state index contributed by atoms with van der Waals surface area (Å²) in [6, 6.07) is 15.6. The molecule has 1 aromatic heterocycles. The van der Waals surface area contributed by atoms with E-state index in [1.54, 1.807) is 22.9 Å².